The van der Waals surface area contributed by atoms with Crippen LogP contribution < -0.4 is 16.0 Å². The van der Waals surface area contributed by atoms with E-state index in [-0.39, 0.29) is 17.9 Å². The van der Waals surface area contributed by atoms with Gasteiger partial charge in [0.2, 0.25) is 11.8 Å². The minimum atomic E-state index is -0.636. The van der Waals surface area contributed by atoms with Gasteiger partial charge in [0, 0.05) is 30.9 Å². The van der Waals surface area contributed by atoms with E-state index in [0.717, 1.165) is 17.5 Å². The van der Waals surface area contributed by atoms with Crippen LogP contribution in [0, 0.1) is 0 Å². The molecule has 8 heteroatoms. The topological polar surface area (TPSA) is 98.9 Å². The number of H-pyrrole nitrogens is 1. The van der Waals surface area contributed by atoms with Crippen molar-refractivity contribution < 1.29 is 9.59 Å². The first-order chi connectivity index (χ1) is 14.5. The summed E-state index contributed by atoms with van der Waals surface area (Å²) in [5.41, 5.74) is 2.76. The minimum Gasteiger partial charge on any atom is -0.350 e. The van der Waals surface area contributed by atoms with Crippen molar-refractivity contribution in [3.8, 4) is 0 Å². The molecule has 2 aromatic heterocycles. The molecule has 1 fully saturated rings. The smallest absolute Gasteiger partial charge is 0.242 e. The van der Waals surface area contributed by atoms with Gasteiger partial charge in [-0.2, -0.15) is 0 Å². The summed E-state index contributed by atoms with van der Waals surface area (Å²) < 4.78 is 0. The molecule has 4 rings (SSSR count). The molecule has 1 aliphatic rings. The number of halogens is 1. The predicted octanol–water partition coefficient (Wildman–Crippen LogP) is 2.48. The second-order valence-electron chi connectivity index (χ2n) is 7.63. The van der Waals surface area contributed by atoms with Gasteiger partial charge in [0.05, 0.1) is 11.1 Å². The zero-order valence-corrected chi connectivity index (χ0v) is 17.4. The Morgan fingerprint density at radius 1 is 1.30 bits per heavy atom. The maximum atomic E-state index is 12.6. The molecular weight excluding hydrogens is 402 g/mol. The van der Waals surface area contributed by atoms with Crippen molar-refractivity contribution in [1.82, 2.24) is 25.9 Å². The third-order valence-electron chi connectivity index (χ3n) is 5.47. The second kappa shape index (κ2) is 8.85. The highest BCUT2D eigenvalue weighted by Gasteiger charge is 2.31. The normalized spacial score (nSPS) is 19.5. The van der Waals surface area contributed by atoms with Crippen molar-refractivity contribution in [3.63, 3.8) is 0 Å². The molecule has 0 aliphatic carbocycles. The standard InChI is InChI=1S/C22H24ClN5O2/c1-13(21(29)27-10-14-7-17-18(23)12-26-20(17)25-9-14)28-22(30)19-8-16(11-24-19)15-5-3-2-4-6-15/h2-7,9,12-13,16,19,24H,8,10-11H2,1H3,(H,25,26)(H,27,29)(H,28,30)/t13-,16-,19+/m0/s1. The van der Waals surface area contributed by atoms with E-state index in [1.807, 2.05) is 24.3 Å². The van der Waals surface area contributed by atoms with Gasteiger partial charge < -0.3 is 20.9 Å². The number of carbonyl (C=O) groups excluding carboxylic acids is 2. The van der Waals surface area contributed by atoms with Crippen LogP contribution in [-0.2, 0) is 16.1 Å². The summed E-state index contributed by atoms with van der Waals surface area (Å²) in [7, 11) is 0. The average molecular weight is 426 g/mol. The van der Waals surface area contributed by atoms with E-state index >= 15 is 0 Å². The lowest BCUT2D eigenvalue weighted by Gasteiger charge is -2.17. The summed E-state index contributed by atoms with van der Waals surface area (Å²) in [6.07, 6.45) is 4.08. The Balaban J connectivity index is 1.27. The summed E-state index contributed by atoms with van der Waals surface area (Å²) >= 11 is 6.11. The highest BCUT2D eigenvalue weighted by Crippen LogP contribution is 2.25. The second-order valence-corrected chi connectivity index (χ2v) is 8.04. The number of fused-ring (bicyclic) bond motifs is 1. The zero-order chi connectivity index (χ0) is 21.1. The summed E-state index contributed by atoms with van der Waals surface area (Å²) in [6.45, 7) is 2.74. The lowest BCUT2D eigenvalue weighted by Crippen LogP contribution is -2.49. The quantitative estimate of drug-likeness (QED) is 0.487. The molecular formula is C22H24ClN5O2. The molecule has 3 heterocycles. The molecule has 3 aromatic rings. The van der Waals surface area contributed by atoms with Gasteiger partial charge in [-0.1, -0.05) is 41.9 Å². The van der Waals surface area contributed by atoms with E-state index < -0.39 is 6.04 Å². The first-order valence-electron chi connectivity index (χ1n) is 9.99. The van der Waals surface area contributed by atoms with Crippen LogP contribution in [0.25, 0.3) is 11.0 Å². The SMILES string of the molecule is C[C@H](NC(=O)[C@H]1C[C@H](c2ccccc2)CN1)C(=O)NCc1cnc2[nH]cc(Cl)c2c1. The Labute approximate surface area is 179 Å². The maximum absolute atomic E-state index is 12.6. The number of hydrogen-bond donors (Lipinski definition) is 4. The Morgan fingerprint density at radius 2 is 2.10 bits per heavy atom. The number of carbonyl (C=O) groups is 2. The molecule has 0 spiro atoms. The fourth-order valence-corrected chi connectivity index (χ4v) is 3.95. The zero-order valence-electron chi connectivity index (χ0n) is 16.6. The van der Waals surface area contributed by atoms with Crippen LogP contribution >= 0.6 is 11.6 Å². The Kier molecular flexibility index (Phi) is 6.01. The van der Waals surface area contributed by atoms with Gasteiger partial charge in [-0.3, -0.25) is 9.59 Å². The molecule has 1 saturated heterocycles. The van der Waals surface area contributed by atoms with Crippen molar-refractivity contribution >= 4 is 34.4 Å². The minimum absolute atomic E-state index is 0.154. The number of benzene rings is 1. The lowest BCUT2D eigenvalue weighted by molar-refractivity contribution is -0.129. The van der Waals surface area contributed by atoms with E-state index in [2.05, 4.69) is 38.1 Å². The Bertz CT molecular complexity index is 1050. The van der Waals surface area contributed by atoms with E-state index in [0.29, 0.717) is 29.6 Å². The maximum Gasteiger partial charge on any atom is 0.242 e. The van der Waals surface area contributed by atoms with E-state index in [9.17, 15) is 9.59 Å². The molecule has 2 amide bonds. The molecule has 30 heavy (non-hydrogen) atoms. The van der Waals surface area contributed by atoms with Crippen LogP contribution in [-0.4, -0.2) is 40.4 Å². The summed E-state index contributed by atoms with van der Waals surface area (Å²) in [6, 6.07) is 11.1. The lowest BCUT2D eigenvalue weighted by atomic mass is 9.96. The third-order valence-corrected chi connectivity index (χ3v) is 5.79. The van der Waals surface area contributed by atoms with Gasteiger partial charge in [-0.15, -0.1) is 0 Å². The summed E-state index contributed by atoms with van der Waals surface area (Å²) in [4.78, 5) is 32.3. The molecule has 1 aromatic carbocycles. The average Bonchev–Trinajstić information content (AvgIpc) is 3.40. The molecule has 4 N–H and O–H groups in total. The Hall–Kier alpha value is -2.90. The number of nitrogens with zero attached hydrogens (tertiary/aromatic N) is 1. The van der Waals surface area contributed by atoms with Gasteiger partial charge in [0.25, 0.3) is 0 Å². The molecule has 0 radical (unpaired) electrons. The monoisotopic (exact) mass is 425 g/mol. The van der Waals surface area contributed by atoms with Crippen LogP contribution in [0.1, 0.15) is 30.4 Å². The van der Waals surface area contributed by atoms with Crippen molar-refractivity contribution in [3.05, 3.63) is 64.9 Å². The number of pyridine rings is 1. The highest BCUT2D eigenvalue weighted by molar-refractivity contribution is 6.35. The number of aromatic amines is 1. The van der Waals surface area contributed by atoms with Crippen LogP contribution in [0.5, 0.6) is 0 Å². The van der Waals surface area contributed by atoms with Crippen molar-refractivity contribution in [2.45, 2.75) is 37.9 Å². The molecule has 0 unspecified atom stereocenters. The van der Waals surface area contributed by atoms with E-state index in [4.69, 9.17) is 11.6 Å². The number of rotatable bonds is 6. The predicted molar refractivity (Wildman–Crippen MR) is 116 cm³/mol. The van der Waals surface area contributed by atoms with Crippen molar-refractivity contribution in [2.24, 2.45) is 0 Å². The fraction of sp³-hybridized carbons (Fsp3) is 0.318. The first-order valence-corrected chi connectivity index (χ1v) is 10.4. The molecule has 7 nitrogen and oxygen atoms in total. The molecule has 0 bridgehead atoms. The van der Waals surface area contributed by atoms with Crippen molar-refractivity contribution in [2.75, 3.05) is 6.54 Å². The fourth-order valence-electron chi connectivity index (χ4n) is 3.75. The summed E-state index contributed by atoms with van der Waals surface area (Å²) in [5.74, 6) is -0.103. The van der Waals surface area contributed by atoms with Crippen molar-refractivity contribution in [1.29, 1.82) is 0 Å². The van der Waals surface area contributed by atoms with Gasteiger partial charge in [0.15, 0.2) is 0 Å². The van der Waals surface area contributed by atoms with E-state index in [1.54, 1.807) is 19.3 Å². The molecule has 156 valence electrons. The van der Waals surface area contributed by atoms with E-state index in [1.165, 1.54) is 5.56 Å². The number of nitrogens with one attached hydrogen (secondary N) is 4. The first kappa shape index (κ1) is 20.4. The molecule has 1 aliphatic heterocycles. The molecule has 0 saturated carbocycles. The summed E-state index contributed by atoms with van der Waals surface area (Å²) in [5, 5.41) is 10.3. The van der Waals surface area contributed by atoms with Crippen LogP contribution in [0.4, 0.5) is 0 Å². The largest absolute Gasteiger partial charge is 0.350 e. The van der Waals surface area contributed by atoms with Gasteiger partial charge >= 0.3 is 0 Å². The van der Waals surface area contributed by atoms with Crippen LogP contribution in [0.3, 0.4) is 0 Å². The van der Waals surface area contributed by atoms with Crippen LogP contribution in [0.2, 0.25) is 5.02 Å². The number of amides is 2. The number of hydrogen-bond acceptors (Lipinski definition) is 4. The van der Waals surface area contributed by atoms with Gasteiger partial charge in [-0.25, -0.2) is 4.98 Å². The highest BCUT2D eigenvalue weighted by atomic mass is 35.5. The molecule has 3 atom stereocenters. The van der Waals surface area contributed by atoms with Crippen LogP contribution in [0.15, 0.2) is 48.8 Å². The van der Waals surface area contributed by atoms with Gasteiger partial charge in [-0.05, 0) is 36.5 Å². The number of aromatic nitrogens is 2. The third kappa shape index (κ3) is 4.47. The van der Waals surface area contributed by atoms with Gasteiger partial charge in [0.1, 0.15) is 11.7 Å². The Morgan fingerprint density at radius 3 is 2.90 bits per heavy atom.